The summed E-state index contributed by atoms with van der Waals surface area (Å²) in [5, 5.41) is 0. The summed E-state index contributed by atoms with van der Waals surface area (Å²) in [5.74, 6) is -16.1. The number of rotatable bonds is 17. The molecule has 3 nitrogen and oxygen atoms in total. The molecule has 2 aliphatic rings. The van der Waals surface area contributed by atoms with Gasteiger partial charge in [-0.3, -0.25) is 0 Å². The van der Waals surface area contributed by atoms with Crippen LogP contribution in [0.3, 0.4) is 0 Å². The minimum atomic E-state index is -5.69. The Morgan fingerprint density at radius 2 is 0.925 bits per heavy atom. The zero-order valence-electron chi connectivity index (χ0n) is 39.6. The quantitative estimate of drug-likeness (QED) is 0.0518. The average Bonchev–Trinajstić information content (AvgIpc) is 4.11. The van der Waals surface area contributed by atoms with E-state index in [0.717, 1.165) is 71.5 Å². The van der Waals surface area contributed by atoms with E-state index in [4.69, 9.17) is 14.2 Å². The van der Waals surface area contributed by atoms with Crippen LogP contribution >= 0.6 is 68.0 Å². The molecule has 0 saturated heterocycles. The molecule has 0 saturated carbocycles. The highest BCUT2D eigenvalue weighted by Crippen LogP contribution is 2.71. The van der Waals surface area contributed by atoms with Crippen molar-refractivity contribution >= 4 is 91.7 Å². The second-order valence-corrected chi connectivity index (χ2v) is 31.5. The van der Waals surface area contributed by atoms with Crippen molar-refractivity contribution in [3.05, 3.63) is 106 Å². The third-order valence-corrected chi connectivity index (χ3v) is 28.0. The molecule has 0 aromatic carbocycles. The van der Waals surface area contributed by atoms with Crippen molar-refractivity contribution in [2.45, 2.75) is 120 Å². The maximum atomic E-state index is 17.1. The highest BCUT2D eigenvalue weighted by atomic mass is 32.1. The van der Waals surface area contributed by atoms with Crippen LogP contribution in [0, 0.1) is 6.92 Å². The van der Waals surface area contributed by atoms with Gasteiger partial charge in [-0.15, -0.1) is 68.0 Å². The Morgan fingerprint density at radius 1 is 0.507 bits per heavy atom. The lowest BCUT2D eigenvalue weighted by Crippen LogP contribution is -2.49. The smallest absolute Gasteiger partial charge is 0.380 e. The van der Waals surface area contributed by atoms with Crippen LogP contribution in [0.5, 0.6) is 0 Å². The van der Waals surface area contributed by atoms with E-state index >= 15 is 26.3 Å². The van der Waals surface area contributed by atoms with Gasteiger partial charge >= 0.3 is 17.8 Å². The molecule has 6 aromatic heterocycles. The second-order valence-electron chi connectivity index (χ2n) is 19.9. The number of allylic oxidation sites excluding steroid dienone is 2. The van der Waals surface area contributed by atoms with Crippen LogP contribution in [0.2, 0.25) is 18.1 Å². The van der Waals surface area contributed by atoms with E-state index in [1.807, 2.05) is 43.3 Å². The van der Waals surface area contributed by atoms with Crippen molar-refractivity contribution in [3.8, 4) is 19.5 Å². The summed E-state index contributed by atoms with van der Waals surface area (Å²) >= 11 is 8.66. The summed E-state index contributed by atoms with van der Waals surface area (Å²) in [4.78, 5) is 7.94. The maximum absolute atomic E-state index is 17.1. The van der Waals surface area contributed by atoms with E-state index in [1.54, 1.807) is 32.7 Å². The molecule has 0 fully saturated rings. The number of thiophene rings is 6. The van der Waals surface area contributed by atoms with Crippen LogP contribution in [-0.4, -0.2) is 67.0 Å². The van der Waals surface area contributed by atoms with Gasteiger partial charge in [0.15, 0.2) is 0 Å². The van der Waals surface area contributed by atoms with Gasteiger partial charge in [0, 0.05) is 117 Å². The molecular weight excluding hydrogens is 995 g/mol. The average molecular weight is 1050 g/mol. The number of ether oxygens (including phenoxy) is 3. The lowest BCUT2D eigenvalue weighted by atomic mass is 9.78. The van der Waals surface area contributed by atoms with Crippen molar-refractivity contribution in [1.82, 2.24) is 0 Å². The first-order chi connectivity index (χ1) is 31.5. The molecule has 0 amide bonds. The van der Waals surface area contributed by atoms with Crippen LogP contribution in [0.1, 0.15) is 106 Å². The number of alkyl halides is 6. The summed E-state index contributed by atoms with van der Waals surface area (Å²) in [5.41, 5.74) is -4.95. The molecule has 0 radical (unpaired) electrons. The lowest BCUT2D eigenvalue weighted by molar-refractivity contribution is -0.254. The van der Waals surface area contributed by atoms with Gasteiger partial charge in [-0.2, -0.15) is 26.3 Å². The Bertz CT molecular complexity index is 2600. The van der Waals surface area contributed by atoms with E-state index in [0.29, 0.717) is 39.3 Å². The number of aryl methyl sites for hydroxylation is 1. The zero-order valence-corrected chi connectivity index (χ0v) is 45.5. The first-order valence-electron chi connectivity index (χ1n) is 22.5. The van der Waals surface area contributed by atoms with Crippen molar-refractivity contribution in [2.75, 3.05) is 41.2 Å². The monoisotopic (exact) mass is 1050 g/mol. The third-order valence-electron chi connectivity index (χ3n) is 13.1. The van der Waals surface area contributed by atoms with Crippen LogP contribution < -0.4 is 4.50 Å². The molecule has 0 bridgehead atoms. The highest BCUT2D eigenvalue weighted by Gasteiger charge is 2.81. The zero-order chi connectivity index (χ0) is 48.5. The Morgan fingerprint density at radius 3 is 1.30 bits per heavy atom. The summed E-state index contributed by atoms with van der Waals surface area (Å²) < 4.78 is 119. The van der Waals surface area contributed by atoms with Crippen LogP contribution in [0.25, 0.3) is 30.7 Å². The SMILES string of the molecule is COCCC[Si](CCCOC)(CCCOC)c1ccc(C2(c3ccc(C)s3)c3sc(-c4ccc(C(C)(C)C)s4)cc3C3=C(c4cc(-c5ccc(C(C)(C)C)s5)sc42)C(F)(F)C(F)(F)C3(F)F)s1. The Kier molecular flexibility index (Phi) is 14.2. The summed E-state index contributed by atoms with van der Waals surface area (Å²) in [6.07, 6.45) is 2.52. The maximum Gasteiger partial charge on any atom is 0.380 e. The fourth-order valence-electron chi connectivity index (χ4n) is 9.67. The van der Waals surface area contributed by atoms with E-state index in [9.17, 15) is 0 Å². The van der Waals surface area contributed by atoms with E-state index < -0.39 is 42.4 Å². The van der Waals surface area contributed by atoms with Gasteiger partial charge in [0.05, 0.1) is 8.07 Å². The van der Waals surface area contributed by atoms with Crippen LogP contribution in [-0.2, 0) is 30.5 Å². The summed E-state index contributed by atoms with van der Waals surface area (Å²) in [6.45, 7) is 16.3. The van der Waals surface area contributed by atoms with Gasteiger partial charge in [0.2, 0.25) is 0 Å². The fraction of sp³-hybridized carbons (Fsp3) is 0.490. The van der Waals surface area contributed by atoms with Gasteiger partial charge in [-0.25, -0.2) is 0 Å². The first-order valence-corrected chi connectivity index (χ1v) is 30.1. The predicted octanol–water partition coefficient (Wildman–Crippen LogP) is 16.6. The molecule has 0 unspecified atom stereocenters. The highest BCUT2D eigenvalue weighted by molar-refractivity contribution is 7.28. The minimum Gasteiger partial charge on any atom is -0.385 e. The predicted molar refractivity (Wildman–Crippen MR) is 276 cm³/mol. The van der Waals surface area contributed by atoms with Gasteiger partial charge < -0.3 is 14.2 Å². The van der Waals surface area contributed by atoms with Gasteiger partial charge in [-0.1, -0.05) is 65.7 Å². The summed E-state index contributed by atoms with van der Waals surface area (Å²) in [6, 6.07) is 21.9. The Hall–Kier alpha value is -2.38. The molecule has 6 aromatic rings. The molecule has 2 aliphatic carbocycles. The first kappa shape index (κ1) is 51.0. The molecule has 0 aliphatic heterocycles. The van der Waals surface area contributed by atoms with Crippen molar-refractivity contribution in [2.24, 2.45) is 0 Å². The van der Waals surface area contributed by atoms with E-state index in [-0.39, 0.29) is 22.0 Å². The topological polar surface area (TPSA) is 27.7 Å². The molecule has 6 heterocycles. The molecule has 67 heavy (non-hydrogen) atoms. The molecule has 362 valence electrons. The normalized spacial score (nSPS) is 17.5. The van der Waals surface area contributed by atoms with Crippen molar-refractivity contribution in [3.63, 3.8) is 0 Å². The lowest BCUT2D eigenvalue weighted by Gasteiger charge is -2.35. The number of halogens is 6. The Labute approximate surface area is 415 Å². The van der Waals surface area contributed by atoms with Crippen molar-refractivity contribution < 1.29 is 40.6 Å². The number of hydrogen-bond acceptors (Lipinski definition) is 9. The van der Waals surface area contributed by atoms with Gasteiger partial charge in [-0.05, 0) is 96.1 Å². The number of methoxy groups -OCH3 is 3. The van der Waals surface area contributed by atoms with Crippen molar-refractivity contribution in [1.29, 1.82) is 0 Å². The standard InChI is InChI=1S/C51H58F6O3S6Si/c1-30-14-17-39(61-30)48(40-20-21-41(66-40)67(25-11-22-58-8,26-12-23-59-9)27-13-24-60-10)44-31(28-35(64-44)33-15-18-37(62-33)46(2,3)4)42-43(50(54,55)51(56,57)49(42,52)53)32-29-36(65-45(32)48)34-16-19-38(63-34)47(5,6)7/h14-21,28-29H,11-13,22-27H2,1-10H3. The molecule has 0 atom stereocenters. The molecule has 0 spiro atoms. The van der Waals surface area contributed by atoms with E-state index in [1.165, 1.54) is 73.3 Å². The third kappa shape index (κ3) is 8.60. The second kappa shape index (κ2) is 18.7. The van der Waals surface area contributed by atoms with Gasteiger partial charge in [0.1, 0.15) is 5.41 Å². The van der Waals surface area contributed by atoms with Crippen LogP contribution in [0.4, 0.5) is 26.3 Å². The number of hydrogen-bond donors (Lipinski definition) is 0. The molecule has 0 N–H and O–H groups in total. The molecule has 8 rings (SSSR count). The molecular formula is C51H58F6O3S6Si. The largest absolute Gasteiger partial charge is 0.385 e. The van der Waals surface area contributed by atoms with E-state index in [2.05, 4.69) is 53.7 Å². The fourth-order valence-corrected chi connectivity index (χ4v) is 23.7. The van der Waals surface area contributed by atoms with Gasteiger partial charge in [0.25, 0.3) is 0 Å². The Balaban J connectivity index is 1.51. The summed E-state index contributed by atoms with van der Waals surface area (Å²) in [7, 11) is 2.69. The van der Waals surface area contributed by atoms with Crippen LogP contribution in [0.15, 0.2) is 60.7 Å². The minimum absolute atomic E-state index is 0.232. The number of fused-ring (bicyclic) bond motifs is 4. The molecule has 16 heteroatoms.